The summed E-state index contributed by atoms with van der Waals surface area (Å²) in [5.41, 5.74) is 0. The molecule has 0 radical (unpaired) electrons. The lowest BCUT2D eigenvalue weighted by atomic mass is 10.0. The van der Waals surface area contributed by atoms with Crippen LogP contribution in [0.15, 0.2) is 24.3 Å². The number of carbonyl (C=O) groups excluding carboxylic acids is 3. The van der Waals surface area contributed by atoms with Crippen molar-refractivity contribution in [3.63, 3.8) is 0 Å². The number of unbranched alkanes of at least 4 members (excludes halogenated alkanes) is 36. The van der Waals surface area contributed by atoms with Gasteiger partial charge in [0.25, 0.3) is 0 Å². The maximum Gasteiger partial charge on any atom is 0.306 e. The quantitative estimate of drug-likeness (QED) is 0.0262. The van der Waals surface area contributed by atoms with Crippen molar-refractivity contribution in [2.75, 3.05) is 13.2 Å². The molecule has 0 heterocycles. The number of hydrogen-bond donors (Lipinski definition) is 0. The second kappa shape index (κ2) is 52.5. The zero-order chi connectivity index (χ0) is 45.8. The normalized spacial score (nSPS) is 12.1. The van der Waals surface area contributed by atoms with Gasteiger partial charge in [0.15, 0.2) is 6.10 Å². The maximum atomic E-state index is 12.7. The average molecular weight is 887 g/mol. The van der Waals surface area contributed by atoms with Crippen LogP contribution in [0.3, 0.4) is 0 Å². The molecule has 63 heavy (non-hydrogen) atoms. The third-order valence-corrected chi connectivity index (χ3v) is 12.5. The minimum absolute atomic E-state index is 0.0734. The molecule has 0 aliphatic carbocycles. The molecule has 1 unspecified atom stereocenters. The fraction of sp³-hybridized carbons (Fsp3) is 0.877. The SMILES string of the molecule is CCCCCC/C=C\C/C=C\CCCCCCCC(=O)OC(COC(=O)CCCCCCC)COC(=O)CCCCCCCCCCCCCCCCCCCCCCCCCC. The van der Waals surface area contributed by atoms with Crippen molar-refractivity contribution in [3.8, 4) is 0 Å². The van der Waals surface area contributed by atoms with Gasteiger partial charge in [0, 0.05) is 19.3 Å². The van der Waals surface area contributed by atoms with E-state index in [1.807, 2.05) is 0 Å². The van der Waals surface area contributed by atoms with Crippen molar-refractivity contribution in [1.29, 1.82) is 0 Å². The molecule has 370 valence electrons. The van der Waals surface area contributed by atoms with Crippen LogP contribution in [0.1, 0.15) is 303 Å². The van der Waals surface area contributed by atoms with Crippen LogP contribution in [0.5, 0.6) is 0 Å². The van der Waals surface area contributed by atoms with Gasteiger partial charge in [-0.1, -0.05) is 257 Å². The number of rotatable bonds is 51. The molecule has 0 fully saturated rings. The molecule has 0 aliphatic rings. The Kier molecular flexibility index (Phi) is 50.8. The van der Waals surface area contributed by atoms with Gasteiger partial charge in [0.2, 0.25) is 0 Å². The number of carbonyl (C=O) groups is 3. The summed E-state index contributed by atoms with van der Waals surface area (Å²) < 4.78 is 16.7. The monoisotopic (exact) mass is 887 g/mol. The Morgan fingerprint density at radius 3 is 0.889 bits per heavy atom. The molecule has 0 rings (SSSR count). The Labute approximate surface area is 392 Å². The highest BCUT2D eigenvalue weighted by atomic mass is 16.6. The zero-order valence-electron chi connectivity index (χ0n) is 42.4. The molecule has 0 saturated carbocycles. The lowest BCUT2D eigenvalue weighted by molar-refractivity contribution is -0.167. The number of hydrogen-bond acceptors (Lipinski definition) is 6. The zero-order valence-corrected chi connectivity index (χ0v) is 42.4. The molecule has 0 N–H and O–H groups in total. The molecule has 0 aromatic carbocycles. The standard InChI is InChI=1S/C57H106O6/c1-4-7-10-13-15-17-19-21-23-25-26-27-28-29-30-31-32-34-35-37-39-41-44-47-50-56(59)62-53-54(52-61-55(58)49-46-43-12-9-6-3)63-57(60)51-48-45-42-40-38-36-33-24-22-20-18-16-14-11-8-5-2/h18,20,24,33,54H,4-17,19,21-23,25-32,34-53H2,1-3H3/b20-18-,33-24-. The Morgan fingerprint density at radius 2 is 0.571 bits per heavy atom. The van der Waals surface area contributed by atoms with Crippen molar-refractivity contribution in [1.82, 2.24) is 0 Å². The van der Waals surface area contributed by atoms with Crippen LogP contribution in [-0.2, 0) is 28.6 Å². The summed E-state index contributed by atoms with van der Waals surface area (Å²) in [4.78, 5) is 37.7. The molecule has 0 spiro atoms. The number of allylic oxidation sites excluding steroid dienone is 4. The van der Waals surface area contributed by atoms with Gasteiger partial charge in [-0.15, -0.1) is 0 Å². The molecule has 0 aromatic heterocycles. The van der Waals surface area contributed by atoms with E-state index in [0.29, 0.717) is 19.3 Å². The highest BCUT2D eigenvalue weighted by Gasteiger charge is 2.19. The molecule has 0 aromatic rings. The molecule has 1 atom stereocenters. The van der Waals surface area contributed by atoms with Crippen molar-refractivity contribution in [3.05, 3.63) is 24.3 Å². The summed E-state index contributed by atoms with van der Waals surface area (Å²) in [7, 11) is 0. The summed E-state index contributed by atoms with van der Waals surface area (Å²) in [6.45, 7) is 6.56. The first-order valence-corrected chi connectivity index (χ1v) is 27.8. The van der Waals surface area contributed by atoms with Crippen molar-refractivity contribution in [2.45, 2.75) is 309 Å². The number of esters is 3. The van der Waals surface area contributed by atoms with E-state index in [2.05, 4.69) is 45.1 Å². The van der Waals surface area contributed by atoms with Crippen LogP contribution in [-0.4, -0.2) is 37.2 Å². The molecule has 0 aliphatic heterocycles. The van der Waals surface area contributed by atoms with Gasteiger partial charge in [0.05, 0.1) is 0 Å². The predicted molar refractivity (Wildman–Crippen MR) is 270 cm³/mol. The third kappa shape index (κ3) is 50.7. The first-order chi connectivity index (χ1) is 31.0. The fourth-order valence-electron chi connectivity index (χ4n) is 8.24. The predicted octanol–water partition coefficient (Wildman–Crippen LogP) is 18.3. The van der Waals surface area contributed by atoms with E-state index < -0.39 is 6.10 Å². The second-order valence-corrected chi connectivity index (χ2v) is 18.9. The van der Waals surface area contributed by atoms with E-state index in [1.54, 1.807) is 0 Å². The van der Waals surface area contributed by atoms with E-state index in [-0.39, 0.29) is 31.1 Å². The topological polar surface area (TPSA) is 78.9 Å². The first kappa shape index (κ1) is 60.9. The smallest absolute Gasteiger partial charge is 0.306 e. The third-order valence-electron chi connectivity index (χ3n) is 12.5. The van der Waals surface area contributed by atoms with E-state index in [0.717, 1.165) is 83.5 Å². The number of ether oxygens (including phenoxy) is 3. The van der Waals surface area contributed by atoms with Crippen LogP contribution >= 0.6 is 0 Å². The lowest BCUT2D eigenvalue weighted by Gasteiger charge is -2.18. The van der Waals surface area contributed by atoms with Crippen LogP contribution in [0.2, 0.25) is 0 Å². The highest BCUT2D eigenvalue weighted by molar-refractivity contribution is 5.71. The van der Waals surface area contributed by atoms with Gasteiger partial charge < -0.3 is 14.2 Å². The minimum atomic E-state index is -0.771. The van der Waals surface area contributed by atoms with Crippen molar-refractivity contribution >= 4 is 17.9 Å². The molecule has 0 saturated heterocycles. The van der Waals surface area contributed by atoms with E-state index in [9.17, 15) is 14.4 Å². The fourth-order valence-corrected chi connectivity index (χ4v) is 8.24. The van der Waals surface area contributed by atoms with E-state index in [1.165, 1.54) is 180 Å². The van der Waals surface area contributed by atoms with Gasteiger partial charge in [-0.2, -0.15) is 0 Å². The average Bonchev–Trinajstić information content (AvgIpc) is 3.28. The van der Waals surface area contributed by atoms with Crippen molar-refractivity contribution < 1.29 is 28.6 Å². The highest BCUT2D eigenvalue weighted by Crippen LogP contribution is 2.17. The Bertz CT molecular complexity index is 1020. The molecule has 6 heteroatoms. The van der Waals surface area contributed by atoms with E-state index >= 15 is 0 Å². The first-order valence-electron chi connectivity index (χ1n) is 27.8. The summed E-state index contributed by atoms with van der Waals surface area (Å²) in [6, 6.07) is 0. The molecular formula is C57H106O6. The van der Waals surface area contributed by atoms with Crippen molar-refractivity contribution in [2.24, 2.45) is 0 Å². The van der Waals surface area contributed by atoms with Gasteiger partial charge in [0.1, 0.15) is 13.2 Å². The second-order valence-electron chi connectivity index (χ2n) is 18.9. The largest absolute Gasteiger partial charge is 0.462 e. The molecule has 6 nitrogen and oxygen atoms in total. The summed E-state index contributed by atoms with van der Waals surface area (Å²) in [5, 5.41) is 0. The van der Waals surface area contributed by atoms with Crippen LogP contribution in [0.25, 0.3) is 0 Å². The van der Waals surface area contributed by atoms with E-state index in [4.69, 9.17) is 14.2 Å². The summed E-state index contributed by atoms with van der Waals surface area (Å²) >= 11 is 0. The molecule has 0 amide bonds. The van der Waals surface area contributed by atoms with Crippen LogP contribution in [0.4, 0.5) is 0 Å². The Balaban J connectivity index is 4.04. The van der Waals surface area contributed by atoms with Crippen LogP contribution < -0.4 is 0 Å². The Hall–Kier alpha value is -2.11. The van der Waals surface area contributed by atoms with Gasteiger partial charge >= 0.3 is 17.9 Å². The maximum absolute atomic E-state index is 12.7. The van der Waals surface area contributed by atoms with Gasteiger partial charge in [-0.25, -0.2) is 0 Å². The Morgan fingerprint density at radius 1 is 0.317 bits per heavy atom. The molecule has 0 bridgehead atoms. The van der Waals surface area contributed by atoms with Gasteiger partial charge in [-0.3, -0.25) is 14.4 Å². The van der Waals surface area contributed by atoms with Crippen LogP contribution in [0, 0.1) is 0 Å². The summed E-state index contributed by atoms with van der Waals surface area (Å²) in [6.07, 6.45) is 60.8. The minimum Gasteiger partial charge on any atom is -0.462 e. The molecular weight excluding hydrogens is 781 g/mol. The van der Waals surface area contributed by atoms with Gasteiger partial charge in [-0.05, 0) is 51.4 Å². The lowest BCUT2D eigenvalue weighted by Crippen LogP contribution is -2.30. The summed E-state index contributed by atoms with van der Waals surface area (Å²) in [5.74, 6) is -0.887.